The van der Waals surface area contributed by atoms with Crippen molar-refractivity contribution < 1.29 is 14.4 Å². The number of hydrogen-bond donors (Lipinski definition) is 1. The molecule has 0 radical (unpaired) electrons. The van der Waals surface area contributed by atoms with E-state index in [9.17, 15) is 14.4 Å². The van der Waals surface area contributed by atoms with E-state index >= 15 is 0 Å². The molecule has 2 rings (SSSR count). The van der Waals surface area contributed by atoms with Gasteiger partial charge in [-0.1, -0.05) is 13.3 Å². The molecule has 2 aliphatic heterocycles. The van der Waals surface area contributed by atoms with Crippen LogP contribution in [-0.2, 0) is 9.59 Å². The summed E-state index contributed by atoms with van der Waals surface area (Å²) in [6, 6.07) is -0.534. The maximum absolute atomic E-state index is 12.3. The number of hydrogen-bond acceptors (Lipinski definition) is 4. The summed E-state index contributed by atoms with van der Waals surface area (Å²) in [5.41, 5.74) is 0. The van der Waals surface area contributed by atoms with E-state index in [1.165, 1.54) is 14.1 Å². The first-order chi connectivity index (χ1) is 8.99. The third-order valence-electron chi connectivity index (χ3n) is 4.39. The molecule has 0 aromatic carbocycles. The molecule has 2 unspecified atom stereocenters. The minimum absolute atomic E-state index is 0.0317. The zero-order chi connectivity index (χ0) is 14.2. The van der Waals surface area contributed by atoms with Crippen LogP contribution in [-0.4, -0.2) is 54.8 Å². The van der Waals surface area contributed by atoms with Crippen LogP contribution in [0.5, 0.6) is 0 Å². The van der Waals surface area contributed by atoms with Crippen molar-refractivity contribution in [3.8, 4) is 0 Å². The summed E-state index contributed by atoms with van der Waals surface area (Å²) in [5, 5.41) is 3.30. The van der Waals surface area contributed by atoms with Gasteiger partial charge in [-0.15, -0.1) is 0 Å². The Labute approximate surface area is 113 Å². The van der Waals surface area contributed by atoms with E-state index < -0.39 is 11.9 Å². The van der Waals surface area contributed by atoms with Crippen molar-refractivity contribution in [1.82, 2.24) is 15.1 Å². The van der Waals surface area contributed by atoms with E-state index in [1.54, 1.807) is 0 Å². The fourth-order valence-electron chi connectivity index (χ4n) is 3.13. The quantitative estimate of drug-likeness (QED) is 0.730. The molecule has 2 aliphatic rings. The number of rotatable bonds is 2. The second-order valence-corrected chi connectivity index (χ2v) is 5.38. The Morgan fingerprint density at radius 3 is 2.26 bits per heavy atom. The highest BCUT2D eigenvalue weighted by molar-refractivity contribution is 6.15. The number of barbiturate groups is 1. The lowest BCUT2D eigenvalue weighted by atomic mass is 9.74. The monoisotopic (exact) mass is 267 g/mol. The molecule has 2 heterocycles. The van der Waals surface area contributed by atoms with Crippen molar-refractivity contribution in [2.24, 2.45) is 17.8 Å². The average Bonchev–Trinajstić information content (AvgIpc) is 2.44. The summed E-state index contributed by atoms with van der Waals surface area (Å²) in [4.78, 5) is 38.4. The summed E-state index contributed by atoms with van der Waals surface area (Å²) in [6.07, 6.45) is 1.73. The van der Waals surface area contributed by atoms with E-state index in [0.29, 0.717) is 5.92 Å². The van der Waals surface area contributed by atoms with Crippen LogP contribution in [0.3, 0.4) is 0 Å². The minimum Gasteiger partial charge on any atom is -0.316 e. The maximum atomic E-state index is 12.3. The fraction of sp³-hybridized carbons (Fsp3) is 0.769. The molecular formula is C13H21N3O3. The molecule has 0 aromatic rings. The zero-order valence-corrected chi connectivity index (χ0v) is 11.7. The molecule has 0 aromatic heterocycles. The number of amides is 4. The Kier molecular flexibility index (Phi) is 3.89. The number of urea groups is 1. The van der Waals surface area contributed by atoms with Crippen molar-refractivity contribution in [3.63, 3.8) is 0 Å². The van der Waals surface area contributed by atoms with Crippen LogP contribution in [0.4, 0.5) is 4.79 Å². The van der Waals surface area contributed by atoms with E-state index in [-0.39, 0.29) is 17.7 Å². The van der Waals surface area contributed by atoms with Gasteiger partial charge in [0, 0.05) is 14.1 Å². The smallest absolute Gasteiger partial charge is 0.316 e. The van der Waals surface area contributed by atoms with Crippen molar-refractivity contribution in [2.75, 3.05) is 27.2 Å². The molecule has 4 amide bonds. The Hall–Kier alpha value is -1.43. The molecule has 0 bridgehead atoms. The van der Waals surface area contributed by atoms with Gasteiger partial charge in [0.25, 0.3) is 0 Å². The van der Waals surface area contributed by atoms with Gasteiger partial charge in [0.15, 0.2) is 0 Å². The summed E-state index contributed by atoms with van der Waals surface area (Å²) in [6.45, 7) is 3.72. The summed E-state index contributed by atoms with van der Waals surface area (Å²) in [5.74, 6) is -1.05. The molecule has 2 saturated heterocycles. The molecule has 0 spiro atoms. The van der Waals surface area contributed by atoms with E-state index in [0.717, 1.165) is 35.7 Å². The Morgan fingerprint density at radius 1 is 1.16 bits per heavy atom. The topological polar surface area (TPSA) is 69.7 Å². The standard InChI is InChI=1S/C13H21N3O3/c1-4-8-7-14-6-5-9(8)10-11(17)15(2)13(19)16(3)12(10)18/h8-10,14H,4-7H2,1-3H3. The van der Waals surface area contributed by atoms with Crippen molar-refractivity contribution in [1.29, 1.82) is 0 Å². The van der Waals surface area contributed by atoms with Crippen LogP contribution in [0, 0.1) is 17.8 Å². The highest BCUT2D eigenvalue weighted by Crippen LogP contribution is 2.33. The van der Waals surface area contributed by atoms with Crippen molar-refractivity contribution >= 4 is 17.8 Å². The van der Waals surface area contributed by atoms with Crippen LogP contribution in [0.2, 0.25) is 0 Å². The van der Waals surface area contributed by atoms with E-state index in [1.807, 2.05) is 0 Å². The fourth-order valence-corrected chi connectivity index (χ4v) is 3.13. The van der Waals surface area contributed by atoms with Crippen LogP contribution in [0.15, 0.2) is 0 Å². The van der Waals surface area contributed by atoms with Gasteiger partial charge in [-0.05, 0) is 31.3 Å². The normalized spacial score (nSPS) is 30.2. The number of imide groups is 2. The minimum atomic E-state index is -0.695. The first-order valence-electron chi connectivity index (χ1n) is 6.78. The van der Waals surface area contributed by atoms with Crippen LogP contribution in [0.1, 0.15) is 19.8 Å². The molecule has 6 nitrogen and oxygen atoms in total. The SMILES string of the molecule is CCC1CNCCC1C1C(=O)N(C)C(=O)N(C)C1=O. The van der Waals surface area contributed by atoms with Gasteiger partial charge in [-0.3, -0.25) is 19.4 Å². The molecule has 2 fully saturated rings. The van der Waals surface area contributed by atoms with Gasteiger partial charge >= 0.3 is 6.03 Å². The summed E-state index contributed by atoms with van der Waals surface area (Å²) < 4.78 is 0. The molecule has 106 valence electrons. The van der Waals surface area contributed by atoms with E-state index in [4.69, 9.17) is 0 Å². The predicted molar refractivity (Wildman–Crippen MR) is 69.2 cm³/mol. The third-order valence-corrected chi connectivity index (χ3v) is 4.39. The van der Waals surface area contributed by atoms with Crippen LogP contribution in [0.25, 0.3) is 0 Å². The van der Waals surface area contributed by atoms with Crippen molar-refractivity contribution in [3.05, 3.63) is 0 Å². The Morgan fingerprint density at radius 2 is 1.74 bits per heavy atom. The third kappa shape index (κ3) is 2.25. The molecule has 0 saturated carbocycles. The van der Waals surface area contributed by atoms with Crippen LogP contribution < -0.4 is 5.32 Å². The van der Waals surface area contributed by atoms with Gasteiger partial charge in [0.2, 0.25) is 11.8 Å². The largest absolute Gasteiger partial charge is 0.332 e. The first kappa shape index (κ1) is 14.0. The lowest BCUT2D eigenvalue weighted by Crippen LogP contribution is -2.60. The average molecular weight is 267 g/mol. The van der Waals surface area contributed by atoms with Crippen LogP contribution >= 0.6 is 0 Å². The number of nitrogens with zero attached hydrogens (tertiary/aromatic N) is 2. The number of nitrogens with one attached hydrogen (secondary N) is 1. The summed E-state index contributed by atoms with van der Waals surface area (Å²) >= 11 is 0. The summed E-state index contributed by atoms with van der Waals surface area (Å²) in [7, 11) is 2.89. The number of piperidine rings is 1. The highest BCUT2D eigenvalue weighted by Gasteiger charge is 2.48. The molecule has 6 heteroatoms. The molecule has 19 heavy (non-hydrogen) atoms. The predicted octanol–water partition coefficient (Wildman–Crippen LogP) is 0.289. The van der Waals surface area contributed by atoms with Gasteiger partial charge in [0.05, 0.1) is 0 Å². The molecule has 2 atom stereocenters. The van der Waals surface area contributed by atoms with Gasteiger partial charge in [-0.2, -0.15) is 0 Å². The van der Waals surface area contributed by atoms with Gasteiger partial charge < -0.3 is 5.32 Å². The van der Waals surface area contributed by atoms with E-state index in [2.05, 4.69) is 12.2 Å². The lowest BCUT2D eigenvalue weighted by molar-refractivity contribution is -0.151. The van der Waals surface area contributed by atoms with Gasteiger partial charge in [-0.25, -0.2) is 4.79 Å². The highest BCUT2D eigenvalue weighted by atomic mass is 16.2. The molecular weight excluding hydrogens is 246 g/mol. The molecule has 0 aliphatic carbocycles. The van der Waals surface area contributed by atoms with Crippen molar-refractivity contribution in [2.45, 2.75) is 19.8 Å². The Bertz CT molecular complexity index is 386. The number of carbonyl (C=O) groups is 3. The number of carbonyl (C=O) groups excluding carboxylic acids is 3. The zero-order valence-electron chi connectivity index (χ0n) is 11.7. The lowest BCUT2D eigenvalue weighted by Gasteiger charge is -2.41. The van der Waals surface area contributed by atoms with Gasteiger partial charge in [0.1, 0.15) is 5.92 Å². The second kappa shape index (κ2) is 5.28. The maximum Gasteiger partial charge on any atom is 0.332 e. The second-order valence-electron chi connectivity index (χ2n) is 5.38. The Balaban J connectivity index is 2.28. The molecule has 1 N–H and O–H groups in total. The first-order valence-corrected chi connectivity index (χ1v) is 6.78.